The minimum atomic E-state index is -0.598. The number of aryl methyl sites for hydroxylation is 1. The quantitative estimate of drug-likeness (QED) is 0.742. The van der Waals surface area contributed by atoms with Gasteiger partial charge in [0.05, 0.1) is 13.2 Å². The van der Waals surface area contributed by atoms with Crippen LogP contribution in [0.5, 0.6) is 17.2 Å². The van der Waals surface area contributed by atoms with E-state index in [9.17, 15) is 9.59 Å². The number of ether oxygens (including phenoxy) is 3. The number of hydrogen-bond donors (Lipinski definition) is 2. The second-order valence-corrected chi connectivity index (χ2v) is 6.22. The van der Waals surface area contributed by atoms with Gasteiger partial charge in [0.15, 0.2) is 18.1 Å². The highest BCUT2D eigenvalue weighted by Crippen LogP contribution is 2.29. The van der Waals surface area contributed by atoms with Crippen LogP contribution in [0.4, 0.5) is 5.69 Å². The van der Waals surface area contributed by atoms with E-state index in [1.807, 2.05) is 32.9 Å². The molecule has 0 bridgehead atoms. The number of primary amides is 1. The normalized spacial score (nSPS) is 10.4. The molecule has 3 N–H and O–H groups in total. The van der Waals surface area contributed by atoms with E-state index in [-0.39, 0.29) is 18.6 Å². The summed E-state index contributed by atoms with van der Waals surface area (Å²) in [7, 11) is 1.45. The topological polar surface area (TPSA) is 99.9 Å². The second kappa shape index (κ2) is 8.93. The predicted octanol–water partition coefficient (Wildman–Crippen LogP) is 2.91. The van der Waals surface area contributed by atoms with Crippen molar-refractivity contribution in [2.75, 3.05) is 19.0 Å². The zero-order valence-electron chi connectivity index (χ0n) is 15.9. The van der Waals surface area contributed by atoms with Gasteiger partial charge in [-0.3, -0.25) is 9.59 Å². The number of methoxy groups -OCH3 is 1. The third-order valence-corrected chi connectivity index (χ3v) is 3.61. The summed E-state index contributed by atoms with van der Waals surface area (Å²) in [4.78, 5) is 23.4. The van der Waals surface area contributed by atoms with E-state index in [4.69, 9.17) is 19.9 Å². The Morgan fingerprint density at radius 3 is 2.44 bits per heavy atom. The molecule has 0 aliphatic carbocycles. The third-order valence-electron chi connectivity index (χ3n) is 3.61. The Hall–Kier alpha value is -3.22. The zero-order chi connectivity index (χ0) is 20.0. The predicted molar refractivity (Wildman–Crippen MR) is 103 cm³/mol. The van der Waals surface area contributed by atoms with E-state index in [2.05, 4.69) is 5.32 Å². The average molecular weight is 372 g/mol. The fourth-order valence-electron chi connectivity index (χ4n) is 2.39. The zero-order valence-corrected chi connectivity index (χ0v) is 15.9. The maximum atomic E-state index is 12.6. The van der Waals surface area contributed by atoms with Crippen molar-refractivity contribution < 1.29 is 23.8 Å². The molecule has 2 aromatic rings. The van der Waals surface area contributed by atoms with Crippen molar-refractivity contribution in [3.63, 3.8) is 0 Å². The highest BCUT2D eigenvalue weighted by atomic mass is 16.5. The molecule has 144 valence electrons. The summed E-state index contributed by atoms with van der Waals surface area (Å²) in [6, 6.07) is 10.2. The fraction of sp³-hybridized carbons (Fsp3) is 0.300. The Morgan fingerprint density at radius 2 is 1.85 bits per heavy atom. The van der Waals surface area contributed by atoms with Crippen molar-refractivity contribution >= 4 is 17.5 Å². The van der Waals surface area contributed by atoms with Gasteiger partial charge in [-0.2, -0.15) is 0 Å². The fourth-order valence-corrected chi connectivity index (χ4v) is 2.39. The van der Waals surface area contributed by atoms with Crippen molar-refractivity contribution in [2.45, 2.75) is 26.9 Å². The molecular weight excluding hydrogens is 348 g/mol. The van der Waals surface area contributed by atoms with Crippen molar-refractivity contribution in [3.05, 3.63) is 47.5 Å². The average Bonchev–Trinajstić information content (AvgIpc) is 2.61. The SMILES string of the molecule is COc1cc(C(=O)Nc2ccc(OC(C)C)cc2C)ccc1OCC(N)=O. The molecule has 27 heavy (non-hydrogen) atoms. The first-order valence-electron chi connectivity index (χ1n) is 8.48. The van der Waals surface area contributed by atoms with Crippen LogP contribution in [-0.4, -0.2) is 31.6 Å². The molecule has 0 heterocycles. The van der Waals surface area contributed by atoms with E-state index in [0.717, 1.165) is 11.3 Å². The lowest BCUT2D eigenvalue weighted by Gasteiger charge is -2.14. The number of nitrogens with two attached hydrogens (primary N) is 1. The van der Waals surface area contributed by atoms with Gasteiger partial charge in [0.1, 0.15) is 5.75 Å². The molecule has 0 unspecified atom stereocenters. The van der Waals surface area contributed by atoms with E-state index in [1.165, 1.54) is 13.2 Å². The number of carbonyl (C=O) groups excluding carboxylic acids is 2. The minimum Gasteiger partial charge on any atom is -0.493 e. The number of rotatable bonds is 8. The Balaban J connectivity index is 2.14. The molecule has 0 atom stereocenters. The molecule has 0 radical (unpaired) electrons. The van der Waals surface area contributed by atoms with Gasteiger partial charge in [0.2, 0.25) is 0 Å². The molecule has 7 nitrogen and oxygen atoms in total. The van der Waals surface area contributed by atoms with Gasteiger partial charge in [0, 0.05) is 11.3 Å². The van der Waals surface area contributed by atoms with Gasteiger partial charge in [0.25, 0.3) is 11.8 Å². The highest BCUT2D eigenvalue weighted by Gasteiger charge is 2.13. The van der Waals surface area contributed by atoms with Gasteiger partial charge in [-0.1, -0.05) is 0 Å². The molecule has 0 spiro atoms. The monoisotopic (exact) mass is 372 g/mol. The number of nitrogens with one attached hydrogen (secondary N) is 1. The van der Waals surface area contributed by atoms with Crippen LogP contribution in [0.15, 0.2) is 36.4 Å². The summed E-state index contributed by atoms with van der Waals surface area (Å²) in [5.41, 5.74) is 7.03. The smallest absolute Gasteiger partial charge is 0.255 e. The number of amides is 2. The summed E-state index contributed by atoms with van der Waals surface area (Å²) >= 11 is 0. The molecule has 7 heteroatoms. The standard InChI is InChI=1S/C20H24N2O5/c1-12(2)27-15-6-7-16(13(3)9-15)22-20(24)14-5-8-17(18(10-14)25-4)26-11-19(21)23/h5-10,12H,11H2,1-4H3,(H2,21,23)(H,22,24). The number of carbonyl (C=O) groups is 2. The summed E-state index contributed by atoms with van der Waals surface area (Å²) in [6.07, 6.45) is 0.0765. The molecule has 2 amide bonds. The van der Waals surface area contributed by atoms with Crippen molar-refractivity contribution in [1.82, 2.24) is 0 Å². The van der Waals surface area contributed by atoms with E-state index in [0.29, 0.717) is 22.7 Å². The largest absolute Gasteiger partial charge is 0.493 e. The lowest BCUT2D eigenvalue weighted by molar-refractivity contribution is -0.119. The molecule has 0 saturated carbocycles. The van der Waals surface area contributed by atoms with Crippen molar-refractivity contribution in [2.24, 2.45) is 5.73 Å². The summed E-state index contributed by atoms with van der Waals surface area (Å²) in [5, 5.41) is 2.86. The maximum Gasteiger partial charge on any atom is 0.255 e. The Morgan fingerprint density at radius 1 is 1.11 bits per heavy atom. The summed E-state index contributed by atoms with van der Waals surface area (Å²) in [6.45, 7) is 5.53. The molecule has 0 aliphatic rings. The lowest BCUT2D eigenvalue weighted by atomic mass is 10.1. The number of benzene rings is 2. The molecule has 0 aromatic heterocycles. The Kier molecular flexibility index (Phi) is 6.65. The molecule has 2 rings (SSSR count). The van der Waals surface area contributed by atoms with E-state index in [1.54, 1.807) is 18.2 Å². The van der Waals surface area contributed by atoms with Crippen molar-refractivity contribution in [3.8, 4) is 17.2 Å². The molecule has 0 saturated heterocycles. The second-order valence-electron chi connectivity index (χ2n) is 6.22. The van der Waals surface area contributed by atoms with Gasteiger partial charge in [-0.15, -0.1) is 0 Å². The first-order chi connectivity index (χ1) is 12.8. The molecule has 0 fully saturated rings. The number of anilines is 1. The maximum absolute atomic E-state index is 12.6. The summed E-state index contributed by atoms with van der Waals surface area (Å²) in [5.74, 6) is 0.522. The van der Waals surface area contributed by atoms with E-state index < -0.39 is 5.91 Å². The summed E-state index contributed by atoms with van der Waals surface area (Å²) < 4.78 is 16.1. The van der Waals surface area contributed by atoms with Gasteiger partial charge in [-0.25, -0.2) is 0 Å². The number of hydrogen-bond acceptors (Lipinski definition) is 5. The van der Waals surface area contributed by atoms with Gasteiger partial charge in [-0.05, 0) is 62.7 Å². The van der Waals surface area contributed by atoms with Crippen LogP contribution in [0, 0.1) is 6.92 Å². The first kappa shape index (κ1) is 20.1. The van der Waals surface area contributed by atoms with Crippen LogP contribution in [-0.2, 0) is 4.79 Å². The minimum absolute atomic E-state index is 0.0765. The van der Waals surface area contributed by atoms with Crippen LogP contribution in [0.1, 0.15) is 29.8 Å². The van der Waals surface area contributed by atoms with Gasteiger partial charge >= 0.3 is 0 Å². The van der Waals surface area contributed by atoms with Crippen LogP contribution < -0.4 is 25.3 Å². The first-order valence-corrected chi connectivity index (χ1v) is 8.48. The van der Waals surface area contributed by atoms with Crippen LogP contribution in [0.3, 0.4) is 0 Å². The highest BCUT2D eigenvalue weighted by molar-refractivity contribution is 6.05. The van der Waals surface area contributed by atoms with Crippen LogP contribution >= 0.6 is 0 Å². The molecule has 0 aliphatic heterocycles. The van der Waals surface area contributed by atoms with E-state index >= 15 is 0 Å². The van der Waals surface area contributed by atoms with Gasteiger partial charge < -0.3 is 25.3 Å². The van der Waals surface area contributed by atoms with Crippen LogP contribution in [0.2, 0.25) is 0 Å². The van der Waals surface area contributed by atoms with Crippen molar-refractivity contribution in [1.29, 1.82) is 0 Å². The Bertz CT molecular complexity index is 833. The molecule has 2 aromatic carbocycles. The third kappa shape index (κ3) is 5.64. The molecular formula is C20H24N2O5. The Labute approximate surface area is 158 Å². The lowest BCUT2D eigenvalue weighted by Crippen LogP contribution is -2.20. The van der Waals surface area contributed by atoms with Crippen LogP contribution in [0.25, 0.3) is 0 Å².